The molecule has 0 saturated carbocycles. The molecular weight excluding hydrogens is 361 g/mol. The second-order valence-electron chi connectivity index (χ2n) is 3.92. The largest absolute Gasteiger partial charge is 1.00 e. The van der Waals surface area contributed by atoms with Gasteiger partial charge in [0.1, 0.15) is 5.56 Å². The van der Waals surface area contributed by atoms with Crippen LogP contribution in [0.4, 0.5) is 22.0 Å². The standard InChI is InChI=1S/C13H7F5NO.BrH/c14-9-8(10(15)12(17)13(18)11(9)16)7(20)6-19-4-2-1-3-5-19;/h1-5H,6H2;1H/q+1;/p-1. The summed E-state index contributed by atoms with van der Waals surface area (Å²) in [5, 5.41) is 0. The molecule has 0 radical (unpaired) electrons. The zero-order valence-electron chi connectivity index (χ0n) is 10.2. The summed E-state index contributed by atoms with van der Waals surface area (Å²) in [4.78, 5) is 11.7. The Hall–Kier alpha value is -1.83. The van der Waals surface area contributed by atoms with Crippen LogP contribution in [-0.2, 0) is 6.54 Å². The molecule has 0 bridgehead atoms. The Morgan fingerprint density at radius 2 is 1.24 bits per heavy atom. The van der Waals surface area contributed by atoms with E-state index in [0.717, 1.165) is 0 Å². The van der Waals surface area contributed by atoms with Gasteiger partial charge < -0.3 is 17.0 Å². The van der Waals surface area contributed by atoms with Crippen molar-refractivity contribution < 1.29 is 48.3 Å². The summed E-state index contributed by atoms with van der Waals surface area (Å²) in [7, 11) is 0. The minimum Gasteiger partial charge on any atom is -1.00 e. The first-order chi connectivity index (χ1) is 9.43. The Balaban J connectivity index is 0.00000220. The monoisotopic (exact) mass is 367 g/mol. The number of carbonyl (C=O) groups is 1. The highest BCUT2D eigenvalue weighted by Crippen LogP contribution is 2.23. The molecule has 2 rings (SSSR count). The number of hydrogen-bond acceptors (Lipinski definition) is 1. The fourth-order valence-corrected chi connectivity index (χ4v) is 1.63. The van der Waals surface area contributed by atoms with Crippen molar-refractivity contribution in [1.82, 2.24) is 0 Å². The zero-order chi connectivity index (χ0) is 14.9. The molecule has 0 fully saturated rings. The van der Waals surface area contributed by atoms with E-state index in [0.29, 0.717) is 0 Å². The average Bonchev–Trinajstić information content (AvgIpc) is 2.44. The summed E-state index contributed by atoms with van der Waals surface area (Å²) in [5.41, 5.74) is -1.43. The van der Waals surface area contributed by atoms with Crippen molar-refractivity contribution in [2.24, 2.45) is 0 Å². The molecule has 2 aromatic rings. The minimum absolute atomic E-state index is 0. The van der Waals surface area contributed by atoms with Gasteiger partial charge in [-0.2, -0.15) is 4.57 Å². The number of ketones is 1. The molecule has 0 saturated heterocycles. The van der Waals surface area contributed by atoms with E-state index >= 15 is 0 Å². The number of Topliss-reactive ketones (excluding diaryl/α,β-unsaturated/α-hetero) is 1. The number of halogens is 6. The molecule has 8 heteroatoms. The summed E-state index contributed by atoms with van der Waals surface area (Å²) in [6.45, 7) is -0.542. The van der Waals surface area contributed by atoms with Gasteiger partial charge in [0.15, 0.2) is 35.7 Å². The van der Waals surface area contributed by atoms with Crippen molar-refractivity contribution >= 4 is 5.78 Å². The van der Waals surface area contributed by atoms with Crippen LogP contribution in [0.2, 0.25) is 0 Å². The van der Waals surface area contributed by atoms with Crippen LogP contribution >= 0.6 is 0 Å². The van der Waals surface area contributed by atoms with Gasteiger partial charge >= 0.3 is 0 Å². The molecule has 1 heterocycles. The van der Waals surface area contributed by atoms with Gasteiger partial charge in [-0.05, 0) is 0 Å². The van der Waals surface area contributed by atoms with Gasteiger partial charge in [0.05, 0.1) is 0 Å². The van der Waals surface area contributed by atoms with Crippen LogP contribution in [-0.4, -0.2) is 5.78 Å². The molecule has 0 unspecified atom stereocenters. The molecule has 0 amide bonds. The number of nitrogens with zero attached hydrogens (tertiary/aromatic N) is 1. The van der Waals surface area contributed by atoms with Crippen molar-refractivity contribution in [2.45, 2.75) is 6.54 Å². The van der Waals surface area contributed by atoms with E-state index in [1.165, 1.54) is 17.0 Å². The number of carbonyl (C=O) groups excluding carboxylic acids is 1. The van der Waals surface area contributed by atoms with Crippen LogP contribution < -0.4 is 21.5 Å². The van der Waals surface area contributed by atoms with Crippen molar-refractivity contribution in [1.29, 1.82) is 0 Å². The Kier molecular flexibility index (Phi) is 5.54. The molecule has 0 atom stereocenters. The van der Waals surface area contributed by atoms with Gasteiger partial charge in [0.2, 0.25) is 18.1 Å². The molecule has 0 aliphatic rings. The van der Waals surface area contributed by atoms with Crippen LogP contribution in [0.3, 0.4) is 0 Å². The van der Waals surface area contributed by atoms with Gasteiger partial charge in [-0.3, -0.25) is 4.79 Å². The topological polar surface area (TPSA) is 20.9 Å². The minimum atomic E-state index is -2.29. The van der Waals surface area contributed by atoms with E-state index in [4.69, 9.17) is 0 Å². The normalized spacial score (nSPS) is 10.1. The van der Waals surface area contributed by atoms with Crippen molar-refractivity contribution in [3.05, 3.63) is 65.2 Å². The van der Waals surface area contributed by atoms with Crippen LogP contribution in [0.1, 0.15) is 10.4 Å². The Morgan fingerprint density at radius 3 is 1.71 bits per heavy atom. The first-order valence-electron chi connectivity index (χ1n) is 5.42. The van der Waals surface area contributed by atoms with Gasteiger partial charge in [-0.25, -0.2) is 22.0 Å². The van der Waals surface area contributed by atoms with E-state index in [1.807, 2.05) is 0 Å². The van der Waals surface area contributed by atoms with Crippen LogP contribution in [0, 0.1) is 29.1 Å². The second kappa shape index (κ2) is 6.75. The third-order valence-corrected chi connectivity index (χ3v) is 2.59. The summed E-state index contributed by atoms with van der Waals surface area (Å²) < 4.78 is 66.9. The highest BCUT2D eigenvalue weighted by molar-refractivity contribution is 5.95. The van der Waals surface area contributed by atoms with Gasteiger partial charge in [-0.1, -0.05) is 6.07 Å². The third-order valence-electron chi connectivity index (χ3n) is 2.59. The lowest BCUT2D eigenvalue weighted by atomic mass is 10.1. The number of aromatic nitrogens is 1. The van der Waals surface area contributed by atoms with Crippen molar-refractivity contribution in [3.63, 3.8) is 0 Å². The molecule has 0 aliphatic heterocycles. The first kappa shape index (κ1) is 17.2. The fourth-order valence-electron chi connectivity index (χ4n) is 1.63. The summed E-state index contributed by atoms with van der Waals surface area (Å²) >= 11 is 0. The molecule has 1 aromatic carbocycles. The van der Waals surface area contributed by atoms with Crippen LogP contribution in [0.5, 0.6) is 0 Å². The third kappa shape index (κ3) is 3.26. The predicted octanol–water partition coefficient (Wildman–Crippen LogP) is -0.444. The smallest absolute Gasteiger partial charge is 0.233 e. The maximum Gasteiger partial charge on any atom is 0.233 e. The molecule has 0 aliphatic carbocycles. The van der Waals surface area contributed by atoms with Crippen molar-refractivity contribution in [3.8, 4) is 0 Å². The Bertz CT molecular complexity index is 649. The van der Waals surface area contributed by atoms with Crippen LogP contribution in [0.25, 0.3) is 0 Å². The highest BCUT2D eigenvalue weighted by atomic mass is 79.9. The van der Waals surface area contributed by atoms with Gasteiger partial charge in [0, 0.05) is 12.1 Å². The van der Waals surface area contributed by atoms with E-state index in [9.17, 15) is 26.7 Å². The van der Waals surface area contributed by atoms with E-state index < -0.39 is 47.0 Å². The van der Waals surface area contributed by atoms with E-state index in [-0.39, 0.29) is 17.0 Å². The number of hydrogen-bond donors (Lipinski definition) is 0. The molecule has 0 spiro atoms. The molecule has 2 nitrogen and oxygen atoms in total. The lowest BCUT2D eigenvalue weighted by Gasteiger charge is -2.05. The van der Waals surface area contributed by atoms with Crippen molar-refractivity contribution in [2.75, 3.05) is 0 Å². The Morgan fingerprint density at radius 1 is 0.810 bits per heavy atom. The summed E-state index contributed by atoms with van der Waals surface area (Å²) in [5.74, 6) is -12.0. The fraction of sp³-hybridized carbons (Fsp3) is 0.0769. The Labute approximate surface area is 126 Å². The van der Waals surface area contributed by atoms with E-state index in [1.54, 1.807) is 18.2 Å². The maximum atomic E-state index is 13.4. The zero-order valence-corrected chi connectivity index (χ0v) is 11.8. The van der Waals surface area contributed by atoms with Gasteiger partial charge in [-0.15, -0.1) is 0 Å². The highest BCUT2D eigenvalue weighted by Gasteiger charge is 2.30. The van der Waals surface area contributed by atoms with Gasteiger partial charge in [0.25, 0.3) is 0 Å². The average molecular weight is 368 g/mol. The lowest BCUT2D eigenvalue weighted by molar-refractivity contribution is -0.683. The summed E-state index contributed by atoms with van der Waals surface area (Å²) in [6.07, 6.45) is 2.84. The molecule has 112 valence electrons. The number of pyridine rings is 1. The molecule has 0 N–H and O–H groups in total. The van der Waals surface area contributed by atoms with E-state index in [2.05, 4.69) is 0 Å². The van der Waals surface area contributed by atoms with Crippen LogP contribution in [0.15, 0.2) is 30.6 Å². The molecule has 1 aromatic heterocycles. The maximum absolute atomic E-state index is 13.4. The molecule has 21 heavy (non-hydrogen) atoms. The predicted molar refractivity (Wildman–Crippen MR) is 57.2 cm³/mol. The number of rotatable bonds is 3. The SMILES string of the molecule is O=C(C[n+]1ccccc1)c1c(F)c(F)c(F)c(F)c1F.[Br-]. The summed E-state index contributed by atoms with van der Waals surface area (Å²) in [6, 6.07) is 4.73. The number of benzene rings is 1. The first-order valence-corrected chi connectivity index (χ1v) is 5.42. The quantitative estimate of drug-likeness (QED) is 0.237. The lowest BCUT2D eigenvalue weighted by Crippen LogP contribution is -3.00. The molecular formula is C13H7BrF5NO. The second-order valence-corrected chi connectivity index (χ2v) is 3.92.